The Morgan fingerprint density at radius 2 is 1.44 bits per heavy atom. The Labute approximate surface area is 171 Å². The summed E-state index contributed by atoms with van der Waals surface area (Å²) in [5, 5.41) is 18.9. The molecule has 8 heteroatoms. The second-order valence-corrected chi connectivity index (χ2v) is 7.84. The molecule has 0 fully saturated rings. The highest BCUT2D eigenvalue weighted by Gasteiger charge is 2.09. The first-order valence-electron chi connectivity index (χ1n) is 7.68. The Balaban J connectivity index is 0.000000223. The summed E-state index contributed by atoms with van der Waals surface area (Å²) < 4.78 is 35.4. The minimum atomic E-state index is -4.00. The monoisotopic (exact) mass is 500 g/mol. The van der Waals surface area contributed by atoms with Gasteiger partial charge in [0.25, 0.3) is 10.1 Å². The summed E-state index contributed by atoms with van der Waals surface area (Å²) in [4.78, 5) is -0.0741. The van der Waals surface area contributed by atoms with Crippen LogP contribution in [0.15, 0.2) is 77.7 Å². The van der Waals surface area contributed by atoms with E-state index in [9.17, 15) is 18.6 Å². The number of benzene rings is 3. The van der Waals surface area contributed by atoms with E-state index in [-0.39, 0.29) is 16.4 Å². The van der Waals surface area contributed by atoms with Gasteiger partial charge in [-0.15, -0.1) is 0 Å². The molecule has 3 aromatic carbocycles. The third-order valence-electron chi connectivity index (χ3n) is 3.28. The van der Waals surface area contributed by atoms with Crippen molar-refractivity contribution in [1.82, 2.24) is 0 Å². The molecule has 6 nitrogen and oxygen atoms in total. The minimum absolute atomic E-state index is 0.00835. The Morgan fingerprint density at radius 1 is 0.889 bits per heavy atom. The first kappa shape index (κ1) is 21.0. The lowest BCUT2D eigenvalue weighted by molar-refractivity contribution is 0.299. The van der Waals surface area contributed by atoms with Crippen LogP contribution in [0, 0.1) is 3.57 Å². The van der Waals surface area contributed by atoms with Crippen molar-refractivity contribution in [2.45, 2.75) is 11.5 Å². The van der Waals surface area contributed by atoms with Gasteiger partial charge >= 0.3 is 0 Å². The zero-order valence-corrected chi connectivity index (χ0v) is 17.0. The largest absolute Gasteiger partial charge is 0.508 e. The summed E-state index contributed by atoms with van der Waals surface area (Å²) in [6.45, 7) is 0.403. The lowest BCUT2D eigenvalue weighted by Gasteiger charge is -2.09. The van der Waals surface area contributed by atoms with Crippen LogP contribution in [0.1, 0.15) is 5.56 Å². The number of hydrogen-bond donors (Lipinski definition) is 3. The van der Waals surface area contributed by atoms with Crippen molar-refractivity contribution < 1.29 is 27.9 Å². The van der Waals surface area contributed by atoms with Gasteiger partial charge in [-0.2, -0.15) is 8.42 Å². The van der Waals surface area contributed by atoms with E-state index in [0.717, 1.165) is 5.56 Å². The molecule has 0 saturated carbocycles. The molecule has 0 heterocycles. The van der Waals surface area contributed by atoms with Gasteiger partial charge in [0.15, 0.2) is 0 Å². The van der Waals surface area contributed by atoms with E-state index in [1.54, 1.807) is 18.2 Å². The molecule has 0 aliphatic heterocycles. The number of hydrogen-bond acceptors (Lipinski definition) is 5. The van der Waals surface area contributed by atoms with Crippen molar-refractivity contribution in [3.63, 3.8) is 0 Å². The van der Waals surface area contributed by atoms with E-state index in [2.05, 4.69) is 0 Å². The highest BCUT2D eigenvalue weighted by Crippen LogP contribution is 2.34. The first-order chi connectivity index (χ1) is 12.8. The molecular formula is C19H17IO6S. The van der Waals surface area contributed by atoms with Crippen LogP contribution < -0.4 is 4.74 Å². The van der Waals surface area contributed by atoms with Crippen molar-refractivity contribution >= 4 is 32.7 Å². The first-order valence-corrected chi connectivity index (χ1v) is 10.2. The van der Waals surface area contributed by atoms with Crippen LogP contribution in [0.25, 0.3) is 0 Å². The van der Waals surface area contributed by atoms with E-state index < -0.39 is 10.1 Å². The molecule has 0 amide bonds. The highest BCUT2D eigenvalue weighted by atomic mass is 127. The Kier molecular flexibility index (Phi) is 7.45. The molecule has 0 saturated heterocycles. The number of phenols is 2. The molecule has 27 heavy (non-hydrogen) atoms. The van der Waals surface area contributed by atoms with Crippen LogP contribution in [0.2, 0.25) is 0 Å². The van der Waals surface area contributed by atoms with Crippen molar-refractivity contribution in [3.05, 3.63) is 81.9 Å². The minimum Gasteiger partial charge on any atom is -0.508 e. The normalized spacial score (nSPS) is 10.6. The fourth-order valence-electron chi connectivity index (χ4n) is 2.00. The van der Waals surface area contributed by atoms with E-state index >= 15 is 0 Å². The predicted octanol–water partition coefficient (Wildman–Crippen LogP) is 4.21. The van der Waals surface area contributed by atoms with E-state index in [0.29, 0.717) is 15.9 Å². The fraction of sp³-hybridized carbons (Fsp3) is 0.0526. The van der Waals surface area contributed by atoms with Crippen LogP contribution in [-0.2, 0) is 16.7 Å². The van der Waals surface area contributed by atoms with E-state index in [1.807, 2.05) is 52.9 Å². The number of ether oxygens (including phenoxy) is 1. The molecule has 0 aliphatic rings. The van der Waals surface area contributed by atoms with Crippen molar-refractivity contribution in [2.24, 2.45) is 0 Å². The standard InChI is InChI=1S/C13H11IO3.C6H6O3S/c14-13-11(16)6-10(15)7-12(13)17-8-9-4-2-1-3-5-9;7-10(8,9)6-4-2-1-3-5-6/h1-7,15-16H,8H2;1-5H,(H,7,8,9). The molecule has 0 aliphatic carbocycles. The topological polar surface area (TPSA) is 104 Å². The van der Waals surface area contributed by atoms with Gasteiger partial charge in [-0.25, -0.2) is 0 Å². The van der Waals surface area contributed by atoms with Crippen LogP contribution >= 0.6 is 22.6 Å². The van der Waals surface area contributed by atoms with Gasteiger partial charge in [0.1, 0.15) is 23.9 Å². The lowest BCUT2D eigenvalue weighted by Crippen LogP contribution is -1.96. The number of halogens is 1. The van der Waals surface area contributed by atoms with Crippen LogP contribution in [0.4, 0.5) is 0 Å². The van der Waals surface area contributed by atoms with Gasteiger partial charge in [-0.05, 0) is 40.3 Å². The quantitative estimate of drug-likeness (QED) is 0.366. The van der Waals surface area contributed by atoms with Gasteiger partial charge in [-0.3, -0.25) is 4.55 Å². The third kappa shape index (κ3) is 6.74. The molecule has 0 unspecified atom stereocenters. The maximum absolute atomic E-state index is 10.4. The molecule has 0 spiro atoms. The Hall–Kier alpha value is -2.30. The molecule has 0 aromatic heterocycles. The summed E-state index contributed by atoms with van der Waals surface area (Å²) in [5.74, 6) is 0.492. The average Bonchev–Trinajstić information content (AvgIpc) is 2.65. The van der Waals surface area contributed by atoms with Crippen LogP contribution in [-0.4, -0.2) is 23.2 Å². The summed E-state index contributed by atoms with van der Waals surface area (Å²) >= 11 is 1.98. The second kappa shape index (κ2) is 9.58. The van der Waals surface area contributed by atoms with E-state index in [4.69, 9.17) is 9.29 Å². The third-order valence-corrected chi connectivity index (χ3v) is 5.24. The molecular weight excluding hydrogens is 483 g/mol. The molecule has 0 radical (unpaired) electrons. The van der Waals surface area contributed by atoms with Gasteiger partial charge < -0.3 is 14.9 Å². The van der Waals surface area contributed by atoms with Crippen molar-refractivity contribution in [1.29, 1.82) is 0 Å². The summed E-state index contributed by atoms with van der Waals surface area (Å²) in [5.41, 5.74) is 1.03. The highest BCUT2D eigenvalue weighted by molar-refractivity contribution is 14.1. The maximum Gasteiger partial charge on any atom is 0.294 e. The number of aromatic hydroxyl groups is 2. The van der Waals surface area contributed by atoms with Gasteiger partial charge in [0.2, 0.25) is 0 Å². The van der Waals surface area contributed by atoms with E-state index in [1.165, 1.54) is 24.3 Å². The van der Waals surface area contributed by atoms with Crippen LogP contribution in [0.3, 0.4) is 0 Å². The molecule has 3 aromatic rings. The van der Waals surface area contributed by atoms with Crippen molar-refractivity contribution in [2.75, 3.05) is 0 Å². The maximum atomic E-state index is 10.4. The molecule has 3 N–H and O–H groups in total. The molecule has 142 valence electrons. The zero-order chi connectivity index (χ0) is 19.9. The number of phenolic OH excluding ortho intramolecular Hbond substituents is 2. The molecule has 3 rings (SSSR count). The van der Waals surface area contributed by atoms with Crippen LogP contribution in [0.5, 0.6) is 17.2 Å². The summed E-state index contributed by atoms with van der Waals surface area (Å²) in [7, 11) is -4.00. The average molecular weight is 500 g/mol. The predicted molar refractivity (Wildman–Crippen MR) is 110 cm³/mol. The van der Waals surface area contributed by atoms with Gasteiger partial charge in [0.05, 0.1) is 8.47 Å². The van der Waals surface area contributed by atoms with Gasteiger partial charge in [0, 0.05) is 12.1 Å². The smallest absolute Gasteiger partial charge is 0.294 e. The second-order valence-electron chi connectivity index (χ2n) is 5.34. The fourth-order valence-corrected chi connectivity index (χ4v) is 2.97. The van der Waals surface area contributed by atoms with Gasteiger partial charge in [-0.1, -0.05) is 48.5 Å². The molecule has 0 bridgehead atoms. The molecule has 0 atom stereocenters. The SMILES string of the molecule is O=S(=O)(O)c1ccccc1.Oc1cc(O)c(I)c(OCc2ccccc2)c1. The Morgan fingerprint density at radius 3 is 1.96 bits per heavy atom. The zero-order valence-electron chi connectivity index (χ0n) is 14.0. The summed E-state index contributed by atoms with van der Waals surface area (Å²) in [6, 6.07) is 19.9. The Bertz CT molecular complexity index is 976. The summed E-state index contributed by atoms with van der Waals surface area (Å²) in [6.07, 6.45) is 0. The van der Waals surface area contributed by atoms with Crippen molar-refractivity contribution in [3.8, 4) is 17.2 Å². The lowest BCUT2D eigenvalue weighted by atomic mass is 10.2. The number of rotatable bonds is 4.